The van der Waals surface area contributed by atoms with Gasteiger partial charge in [-0.25, -0.2) is 21.5 Å². The molecule has 142 valence electrons. The second kappa shape index (κ2) is 7.16. The normalized spacial score (nSPS) is 12.1. The quantitative estimate of drug-likeness (QED) is 0.648. The van der Waals surface area contributed by atoms with Crippen LogP contribution in [0.25, 0.3) is 5.69 Å². The van der Waals surface area contributed by atoms with E-state index < -0.39 is 19.9 Å². The van der Waals surface area contributed by atoms with Gasteiger partial charge in [0, 0.05) is 6.26 Å². The summed E-state index contributed by atoms with van der Waals surface area (Å²) in [4.78, 5) is -0.503. The van der Waals surface area contributed by atoms with Gasteiger partial charge < -0.3 is 0 Å². The van der Waals surface area contributed by atoms with E-state index in [2.05, 4.69) is 9.82 Å². The van der Waals surface area contributed by atoms with Crippen molar-refractivity contribution in [3.05, 3.63) is 64.9 Å². The fourth-order valence-corrected chi connectivity index (χ4v) is 4.77. The van der Waals surface area contributed by atoms with Gasteiger partial charge in [-0.05, 0) is 30.3 Å². The van der Waals surface area contributed by atoms with Crippen LogP contribution < -0.4 is 4.72 Å². The Labute approximate surface area is 166 Å². The van der Waals surface area contributed by atoms with Crippen molar-refractivity contribution < 1.29 is 16.8 Å². The van der Waals surface area contributed by atoms with Crippen molar-refractivity contribution in [2.75, 3.05) is 11.0 Å². The lowest BCUT2D eigenvalue weighted by molar-refractivity contribution is 0.600. The van der Waals surface area contributed by atoms with Gasteiger partial charge in [0.2, 0.25) is 0 Å². The molecule has 0 saturated heterocycles. The van der Waals surface area contributed by atoms with Crippen LogP contribution in [0.1, 0.15) is 0 Å². The summed E-state index contributed by atoms with van der Waals surface area (Å²) in [5, 5.41) is 4.42. The SMILES string of the molecule is CS(=O)(=O)c1ccc(Cl)c(S(=O)(=O)Nc2cnn(-c3ccccc3Cl)c2)c1. The molecule has 0 atom stereocenters. The van der Waals surface area contributed by atoms with Crippen LogP contribution in [0.2, 0.25) is 10.0 Å². The molecule has 11 heteroatoms. The average Bonchev–Trinajstić information content (AvgIpc) is 3.02. The van der Waals surface area contributed by atoms with E-state index in [4.69, 9.17) is 23.2 Å². The van der Waals surface area contributed by atoms with Crippen molar-refractivity contribution in [3.63, 3.8) is 0 Å². The maximum Gasteiger partial charge on any atom is 0.263 e. The molecule has 0 amide bonds. The van der Waals surface area contributed by atoms with E-state index in [1.807, 2.05) is 0 Å². The molecule has 0 bridgehead atoms. The summed E-state index contributed by atoms with van der Waals surface area (Å²) < 4.78 is 52.4. The zero-order chi connectivity index (χ0) is 19.8. The second-order valence-electron chi connectivity index (χ2n) is 5.59. The number of para-hydroxylation sites is 1. The number of nitrogens with one attached hydrogen (secondary N) is 1. The molecule has 0 spiro atoms. The maximum absolute atomic E-state index is 12.7. The van der Waals surface area contributed by atoms with E-state index in [1.54, 1.807) is 24.3 Å². The monoisotopic (exact) mass is 445 g/mol. The number of anilines is 1. The molecule has 27 heavy (non-hydrogen) atoms. The molecule has 0 aliphatic carbocycles. The van der Waals surface area contributed by atoms with Crippen LogP contribution in [0, 0.1) is 0 Å². The van der Waals surface area contributed by atoms with Gasteiger partial charge in [-0.15, -0.1) is 0 Å². The second-order valence-corrected chi connectivity index (χ2v) is 10.1. The van der Waals surface area contributed by atoms with Gasteiger partial charge in [-0.3, -0.25) is 4.72 Å². The molecule has 3 rings (SSSR count). The van der Waals surface area contributed by atoms with E-state index in [9.17, 15) is 16.8 Å². The van der Waals surface area contributed by atoms with Crippen molar-refractivity contribution in [3.8, 4) is 5.69 Å². The standard InChI is InChI=1S/C16H13Cl2N3O4S2/c1-26(22,23)12-6-7-14(18)16(8-12)27(24,25)20-11-9-19-21(10-11)15-5-3-2-4-13(15)17/h2-10,20H,1H3. The molecule has 1 heterocycles. The number of sulfonamides is 1. The van der Waals surface area contributed by atoms with Gasteiger partial charge in [0.1, 0.15) is 4.90 Å². The summed E-state index contributed by atoms with van der Waals surface area (Å²) in [6.07, 6.45) is 3.72. The van der Waals surface area contributed by atoms with E-state index in [0.717, 1.165) is 12.3 Å². The summed E-state index contributed by atoms with van der Waals surface area (Å²) >= 11 is 12.1. The Balaban J connectivity index is 1.96. The predicted octanol–water partition coefficient (Wildman–Crippen LogP) is 3.38. The number of hydrogen-bond acceptors (Lipinski definition) is 5. The topological polar surface area (TPSA) is 98.1 Å². The zero-order valence-electron chi connectivity index (χ0n) is 13.8. The first kappa shape index (κ1) is 19.7. The molecular formula is C16H13Cl2N3O4S2. The van der Waals surface area contributed by atoms with Crippen LogP contribution in [0.4, 0.5) is 5.69 Å². The van der Waals surface area contributed by atoms with E-state index >= 15 is 0 Å². The first-order valence-corrected chi connectivity index (χ1v) is 11.5. The lowest BCUT2D eigenvalue weighted by Crippen LogP contribution is -2.14. The third-order valence-electron chi connectivity index (χ3n) is 3.55. The molecule has 1 aromatic heterocycles. The van der Waals surface area contributed by atoms with Crippen LogP contribution in [0.5, 0.6) is 0 Å². The molecule has 0 radical (unpaired) electrons. The Bertz CT molecular complexity index is 1220. The van der Waals surface area contributed by atoms with Gasteiger partial charge in [0.05, 0.1) is 38.7 Å². The van der Waals surface area contributed by atoms with Gasteiger partial charge in [-0.1, -0.05) is 35.3 Å². The Morgan fingerprint density at radius 1 is 1.00 bits per heavy atom. The van der Waals surface area contributed by atoms with Gasteiger partial charge in [-0.2, -0.15) is 5.10 Å². The molecule has 7 nitrogen and oxygen atoms in total. The largest absolute Gasteiger partial charge is 0.276 e. The summed E-state index contributed by atoms with van der Waals surface area (Å²) in [5.41, 5.74) is 0.734. The maximum atomic E-state index is 12.7. The fraction of sp³-hybridized carbons (Fsp3) is 0.0625. The average molecular weight is 446 g/mol. The highest BCUT2D eigenvalue weighted by molar-refractivity contribution is 7.93. The van der Waals surface area contributed by atoms with E-state index in [0.29, 0.717) is 10.7 Å². The number of hydrogen-bond donors (Lipinski definition) is 1. The smallest absolute Gasteiger partial charge is 0.263 e. The summed E-state index contributed by atoms with van der Waals surface area (Å²) in [5.74, 6) is 0. The minimum absolute atomic E-state index is 0.103. The van der Waals surface area contributed by atoms with Crippen molar-refractivity contribution in [2.45, 2.75) is 9.79 Å². The lowest BCUT2D eigenvalue weighted by atomic mass is 10.3. The molecule has 0 aliphatic heterocycles. The molecule has 0 aliphatic rings. The molecule has 2 aromatic carbocycles. The van der Waals surface area contributed by atoms with Crippen LogP contribution in [0.3, 0.4) is 0 Å². The number of halogens is 2. The number of benzene rings is 2. The Morgan fingerprint density at radius 3 is 2.37 bits per heavy atom. The number of nitrogens with zero attached hydrogens (tertiary/aromatic N) is 2. The number of sulfone groups is 1. The van der Waals surface area contributed by atoms with Crippen molar-refractivity contribution in [1.29, 1.82) is 0 Å². The van der Waals surface area contributed by atoms with E-state index in [1.165, 1.54) is 29.2 Å². The molecule has 3 aromatic rings. The molecule has 1 N–H and O–H groups in total. The van der Waals surface area contributed by atoms with Crippen molar-refractivity contribution in [1.82, 2.24) is 9.78 Å². The highest BCUT2D eigenvalue weighted by Crippen LogP contribution is 2.27. The summed E-state index contributed by atoms with van der Waals surface area (Å²) in [6, 6.07) is 10.4. The van der Waals surface area contributed by atoms with Crippen molar-refractivity contribution >= 4 is 48.7 Å². The fourth-order valence-electron chi connectivity index (χ4n) is 2.28. The predicted molar refractivity (Wildman–Crippen MR) is 104 cm³/mol. The Morgan fingerprint density at radius 2 is 1.70 bits per heavy atom. The summed E-state index contributed by atoms with van der Waals surface area (Å²) in [7, 11) is -7.73. The van der Waals surface area contributed by atoms with Crippen molar-refractivity contribution in [2.24, 2.45) is 0 Å². The minimum atomic E-state index is -4.14. The highest BCUT2D eigenvalue weighted by atomic mass is 35.5. The lowest BCUT2D eigenvalue weighted by Gasteiger charge is -2.09. The van der Waals surface area contributed by atoms with Crippen LogP contribution in [0.15, 0.2) is 64.6 Å². The Kier molecular flexibility index (Phi) is 5.22. The molecule has 0 fully saturated rings. The Hall–Kier alpha value is -2.07. The molecule has 0 saturated carbocycles. The molecular weight excluding hydrogens is 433 g/mol. The number of rotatable bonds is 5. The first-order chi connectivity index (χ1) is 12.6. The first-order valence-electron chi connectivity index (χ1n) is 7.40. The van der Waals surface area contributed by atoms with Crippen LogP contribution in [-0.2, 0) is 19.9 Å². The highest BCUT2D eigenvalue weighted by Gasteiger charge is 2.22. The summed E-state index contributed by atoms with van der Waals surface area (Å²) in [6.45, 7) is 0. The van der Waals surface area contributed by atoms with E-state index in [-0.39, 0.29) is 20.5 Å². The third-order valence-corrected chi connectivity index (χ3v) is 6.85. The van der Waals surface area contributed by atoms with Gasteiger partial charge in [0.15, 0.2) is 9.84 Å². The number of aromatic nitrogens is 2. The van der Waals surface area contributed by atoms with Gasteiger partial charge >= 0.3 is 0 Å². The molecule has 0 unspecified atom stereocenters. The van der Waals surface area contributed by atoms with Crippen LogP contribution >= 0.6 is 23.2 Å². The van der Waals surface area contributed by atoms with Gasteiger partial charge in [0.25, 0.3) is 10.0 Å². The minimum Gasteiger partial charge on any atom is -0.276 e. The van der Waals surface area contributed by atoms with Crippen LogP contribution in [-0.4, -0.2) is 32.9 Å². The zero-order valence-corrected chi connectivity index (χ0v) is 16.9. The third kappa shape index (κ3) is 4.27.